The number of amides is 2. The number of rotatable bonds is 9. The molecule has 0 radical (unpaired) electrons. The fraction of sp³-hybridized carbons (Fsp3) is 0.429. The number of nitrogens with one attached hydrogen (secondary N) is 2. The van der Waals surface area contributed by atoms with Crippen molar-refractivity contribution in [1.82, 2.24) is 15.5 Å². The van der Waals surface area contributed by atoms with Gasteiger partial charge >= 0.3 is 0 Å². The van der Waals surface area contributed by atoms with Crippen molar-refractivity contribution in [3.8, 4) is 0 Å². The zero-order valence-corrected chi connectivity index (χ0v) is 16.0. The van der Waals surface area contributed by atoms with E-state index < -0.39 is 0 Å². The number of carbonyl (C=O) groups is 2. The van der Waals surface area contributed by atoms with Crippen LogP contribution in [0.15, 0.2) is 47.1 Å². The summed E-state index contributed by atoms with van der Waals surface area (Å²) in [4.78, 5) is 26.2. The van der Waals surface area contributed by atoms with Crippen LogP contribution in [0.3, 0.4) is 0 Å². The van der Waals surface area contributed by atoms with Crippen molar-refractivity contribution in [1.29, 1.82) is 0 Å². The standard InChI is InChI=1S/C21H27N3O4/c25-20(8-3-9-22-21(26)19-7-4-12-28-19)23-15-17-5-1-2-6-18(17)16-24-10-13-27-14-11-24/h1-2,4-7,12H,3,8-11,13-16H2,(H,22,26)(H,23,25). The van der Waals surface area contributed by atoms with Crippen LogP contribution in [0.1, 0.15) is 34.5 Å². The molecule has 1 aliphatic heterocycles. The predicted molar refractivity (Wildman–Crippen MR) is 105 cm³/mol. The molecule has 0 spiro atoms. The molecular formula is C21H27N3O4. The van der Waals surface area contributed by atoms with Crippen LogP contribution in [0.5, 0.6) is 0 Å². The molecule has 1 aliphatic rings. The average Bonchev–Trinajstić information content (AvgIpc) is 3.26. The van der Waals surface area contributed by atoms with Gasteiger partial charge in [0.1, 0.15) is 0 Å². The summed E-state index contributed by atoms with van der Waals surface area (Å²) < 4.78 is 10.4. The number of carbonyl (C=O) groups excluding carboxylic acids is 2. The molecule has 0 atom stereocenters. The van der Waals surface area contributed by atoms with Gasteiger partial charge in [0.15, 0.2) is 5.76 Å². The third-order valence-corrected chi connectivity index (χ3v) is 4.70. The molecule has 1 fully saturated rings. The number of ether oxygens (including phenoxy) is 1. The lowest BCUT2D eigenvalue weighted by molar-refractivity contribution is -0.121. The van der Waals surface area contributed by atoms with Gasteiger partial charge in [0.05, 0.1) is 19.5 Å². The van der Waals surface area contributed by atoms with E-state index in [9.17, 15) is 9.59 Å². The second kappa shape index (κ2) is 10.6. The summed E-state index contributed by atoms with van der Waals surface area (Å²) in [7, 11) is 0. The van der Waals surface area contributed by atoms with Crippen LogP contribution in [-0.2, 0) is 22.6 Å². The molecule has 7 heteroatoms. The topological polar surface area (TPSA) is 83.8 Å². The van der Waals surface area contributed by atoms with Crippen molar-refractivity contribution in [3.05, 3.63) is 59.5 Å². The summed E-state index contributed by atoms with van der Waals surface area (Å²) in [6.45, 7) is 5.23. The quantitative estimate of drug-likeness (QED) is 0.645. The molecule has 150 valence electrons. The van der Waals surface area contributed by atoms with Crippen LogP contribution in [0.4, 0.5) is 0 Å². The highest BCUT2D eigenvalue weighted by molar-refractivity contribution is 5.91. The molecular weight excluding hydrogens is 358 g/mol. The third kappa shape index (κ3) is 6.21. The molecule has 28 heavy (non-hydrogen) atoms. The minimum atomic E-state index is -0.262. The van der Waals surface area contributed by atoms with Crippen molar-refractivity contribution in [3.63, 3.8) is 0 Å². The van der Waals surface area contributed by atoms with Crippen molar-refractivity contribution in [2.75, 3.05) is 32.8 Å². The minimum absolute atomic E-state index is 0.0200. The molecule has 0 saturated carbocycles. The van der Waals surface area contributed by atoms with Gasteiger partial charge in [-0.15, -0.1) is 0 Å². The molecule has 1 aromatic carbocycles. The molecule has 2 N–H and O–H groups in total. The summed E-state index contributed by atoms with van der Waals surface area (Å²) in [6.07, 6.45) is 2.40. The van der Waals surface area contributed by atoms with Gasteiger partial charge in [-0.05, 0) is 29.7 Å². The van der Waals surface area contributed by atoms with Gasteiger partial charge in [-0.2, -0.15) is 0 Å². The van der Waals surface area contributed by atoms with E-state index >= 15 is 0 Å². The number of morpholine rings is 1. The van der Waals surface area contributed by atoms with Gasteiger partial charge in [0, 0.05) is 39.1 Å². The Kier molecular flexibility index (Phi) is 7.63. The molecule has 0 aliphatic carbocycles. The van der Waals surface area contributed by atoms with Crippen molar-refractivity contribution in [2.45, 2.75) is 25.9 Å². The lowest BCUT2D eigenvalue weighted by atomic mass is 10.1. The van der Waals surface area contributed by atoms with Crippen molar-refractivity contribution in [2.24, 2.45) is 0 Å². The first kappa shape index (κ1) is 20.1. The highest BCUT2D eigenvalue weighted by Crippen LogP contribution is 2.13. The molecule has 2 heterocycles. The van der Waals surface area contributed by atoms with Gasteiger partial charge in [-0.1, -0.05) is 24.3 Å². The first-order valence-electron chi connectivity index (χ1n) is 9.67. The summed E-state index contributed by atoms with van der Waals surface area (Å²) in [5, 5.41) is 5.72. The van der Waals surface area contributed by atoms with Gasteiger partial charge in [-0.3, -0.25) is 14.5 Å². The largest absolute Gasteiger partial charge is 0.459 e. The number of hydrogen-bond acceptors (Lipinski definition) is 5. The van der Waals surface area contributed by atoms with Gasteiger partial charge < -0.3 is 19.8 Å². The van der Waals surface area contributed by atoms with E-state index in [0.717, 1.165) is 38.4 Å². The van der Waals surface area contributed by atoms with E-state index in [4.69, 9.17) is 9.15 Å². The third-order valence-electron chi connectivity index (χ3n) is 4.70. The SMILES string of the molecule is O=C(CCCNC(=O)c1ccco1)NCc1ccccc1CN1CCOCC1. The zero-order valence-electron chi connectivity index (χ0n) is 16.0. The normalized spacial score (nSPS) is 14.6. The fourth-order valence-corrected chi connectivity index (χ4v) is 3.11. The Balaban J connectivity index is 1.37. The van der Waals surface area contributed by atoms with Crippen LogP contribution in [0.2, 0.25) is 0 Å². The molecule has 2 aromatic rings. The molecule has 1 aromatic heterocycles. The second-order valence-corrected chi connectivity index (χ2v) is 6.77. The zero-order chi connectivity index (χ0) is 19.6. The maximum atomic E-state index is 12.1. The number of furan rings is 1. The first-order valence-corrected chi connectivity index (χ1v) is 9.67. The molecule has 2 amide bonds. The van der Waals surface area contributed by atoms with E-state index in [2.05, 4.69) is 27.7 Å². The first-order chi connectivity index (χ1) is 13.7. The molecule has 0 bridgehead atoms. The molecule has 1 saturated heterocycles. The molecule has 0 unspecified atom stereocenters. The maximum Gasteiger partial charge on any atom is 0.286 e. The number of benzene rings is 1. The Labute approximate surface area is 165 Å². The average molecular weight is 385 g/mol. The smallest absolute Gasteiger partial charge is 0.286 e. The fourth-order valence-electron chi connectivity index (χ4n) is 3.11. The number of nitrogens with zero attached hydrogens (tertiary/aromatic N) is 1. The Bertz CT molecular complexity index is 755. The summed E-state index contributed by atoms with van der Waals surface area (Å²) in [5.74, 6) is -0.00259. The lowest BCUT2D eigenvalue weighted by Crippen LogP contribution is -2.36. The highest BCUT2D eigenvalue weighted by atomic mass is 16.5. The Morgan fingerprint density at radius 1 is 1.00 bits per heavy atom. The molecule has 7 nitrogen and oxygen atoms in total. The second-order valence-electron chi connectivity index (χ2n) is 6.77. The minimum Gasteiger partial charge on any atom is -0.459 e. The van der Waals surface area contributed by atoms with E-state index in [-0.39, 0.29) is 17.6 Å². The monoisotopic (exact) mass is 385 g/mol. The van der Waals surface area contributed by atoms with Crippen LogP contribution < -0.4 is 10.6 Å². The van der Waals surface area contributed by atoms with E-state index in [1.54, 1.807) is 12.1 Å². The van der Waals surface area contributed by atoms with Crippen LogP contribution >= 0.6 is 0 Å². The van der Waals surface area contributed by atoms with E-state index in [1.165, 1.54) is 11.8 Å². The van der Waals surface area contributed by atoms with Crippen molar-refractivity contribution < 1.29 is 18.7 Å². The maximum absolute atomic E-state index is 12.1. The summed E-state index contributed by atoms with van der Waals surface area (Å²) in [5.41, 5.74) is 2.36. The summed E-state index contributed by atoms with van der Waals surface area (Å²) in [6, 6.07) is 11.5. The van der Waals surface area contributed by atoms with E-state index in [1.807, 2.05) is 12.1 Å². The van der Waals surface area contributed by atoms with Crippen LogP contribution in [-0.4, -0.2) is 49.6 Å². The van der Waals surface area contributed by atoms with Gasteiger partial charge in [-0.25, -0.2) is 0 Å². The van der Waals surface area contributed by atoms with Crippen LogP contribution in [0, 0.1) is 0 Å². The predicted octanol–water partition coefficient (Wildman–Crippen LogP) is 1.94. The van der Waals surface area contributed by atoms with Crippen LogP contribution in [0.25, 0.3) is 0 Å². The Morgan fingerprint density at radius 3 is 2.54 bits per heavy atom. The summed E-state index contributed by atoms with van der Waals surface area (Å²) >= 11 is 0. The van der Waals surface area contributed by atoms with Gasteiger partial charge in [0.2, 0.25) is 5.91 Å². The van der Waals surface area contributed by atoms with Gasteiger partial charge in [0.25, 0.3) is 5.91 Å². The number of hydrogen-bond donors (Lipinski definition) is 2. The highest BCUT2D eigenvalue weighted by Gasteiger charge is 2.13. The lowest BCUT2D eigenvalue weighted by Gasteiger charge is -2.27. The Morgan fingerprint density at radius 2 is 1.79 bits per heavy atom. The Hall–Kier alpha value is -2.64. The van der Waals surface area contributed by atoms with Crippen molar-refractivity contribution >= 4 is 11.8 Å². The van der Waals surface area contributed by atoms with E-state index in [0.29, 0.717) is 25.9 Å². The molecule has 3 rings (SSSR count).